The highest BCUT2D eigenvalue weighted by atomic mass is 79.9. The van der Waals surface area contributed by atoms with E-state index in [2.05, 4.69) is 31.9 Å². The number of rotatable bonds is 11. The number of hydrogen-bond donors (Lipinski definition) is 3. The van der Waals surface area contributed by atoms with E-state index >= 15 is 0 Å². The quantitative estimate of drug-likeness (QED) is 0.146. The zero-order chi connectivity index (χ0) is 29.2. The average molecular weight is 680 g/mol. The third-order valence-corrected chi connectivity index (χ3v) is 5.52. The van der Waals surface area contributed by atoms with Crippen LogP contribution in [-0.2, 0) is 0 Å². The number of aliphatic hydroxyl groups is 2. The molecule has 3 aromatic carbocycles. The number of ketones is 1. The molecule has 3 aromatic rings. The van der Waals surface area contributed by atoms with Crippen LogP contribution in [0.4, 0.5) is 13.2 Å². The van der Waals surface area contributed by atoms with Gasteiger partial charge in [0.25, 0.3) is 0 Å². The van der Waals surface area contributed by atoms with Crippen LogP contribution in [0.3, 0.4) is 0 Å². The summed E-state index contributed by atoms with van der Waals surface area (Å²) in [7, 11) is 0. The molecule has 3 rings (SSSR count). The minimum atomic E-state index is -0.482. The van der Waals surface area contributed by atoms with Gasteiger partial charge in [-0.15, -0.1) is 0 Å². The molecule has 11 heteroatoms. The first-order valence-corrected chi connectivity index (χ1v) is 13.5. The van der Waals surface area contributed by atoms with Gasteiger partial charge in [-0.25, -0.2) is 13.2 Å². The summed E-state index contributed by atoms with van der Waals surface area (Å²) >= 11 is 6.19. The number of aromatic hydroxyl groups is 1. The topological polar surface area (TPSA) is 96.2 Å². The number of unbranched alkanes of at least 4 members (excludes halogenated alkanes) is 2. The maximum Gasteiger partial charge on any atom is 0.160 e. The molecule has 3 N–H and O–H groups in total. The number of carbonyl (C=O) groups is 1. The molecule has 6 nitrogen and oxygen atoms in total. The van der Waals surface area contributed by atoms with Gasteiger partial charge >= 0.3 is 0 Å². The normalized spacial score (nSPS) is 10.1. The van der Waals surface area contributed by atoms with Gasteiger partial charge in [0.05, 0.1) is 13.2 Å². The molecular formula is C28H31Br2F3O6. The van der Waals surface area contributed by atoms with Gasteiger partial charge in [-0.1, -0.05) is 31.9 Å². The Hall–Kier alpha value is -2.60. The number of halogens is 5. The Balaban J connectivity index is 0.000000303. The van der Waals surface area contributed by atoms with Crippen molar-refractivity contribution in [1.82, 2.24) is 0 Å². The van der Waals surface area contributed by atoms with Crippen LogP contribution in [0.15, 0.2) is 63.5 Å². The SMILES string of the molecule is CC(=O)c1cc(F)cc(OCCCCO)c1.OCCCCOc1cc(F)cc(Br)c1.Oc1cc(F)cc(Br)c1. The van der Waals surface area contributed by atoms with Gasteiger partial charge in [-0.3, -0.25) is 4.79 Å². The lowest BCUT2D eigenvalue weighted by molar-refractivity contribution is 0.101. The van der Waals surface area contributed by atoms with E-state index in [9.17, 15) is 18.0 Å². The molecule has 0 radical (unpaired) electrons. The molecule has 0 saturated carbocycles. The molecule has 0 aliphatic carbocycles. The van der Waals surface area contributed by atoms with Gasteiger partial charge in [-0.05, 0) is 69.0 Å². The minimum absolute atomic E-state index is 0.0677. The summed E-state index contributed by atoms with van der Waals surface area (Å²) in [6.45, 7) is 2.56. The van der Waals surface area contributed by atoms with Gasteiger partial charge in [-0.2, -0.15) is 0 Å². The van der Waals surface area contributed by atoms with Crippen LogP contribution in [0.2, 0.25) is 0 Å². The number of phenols is 1. The van der Waals surface area contributed by atoms with Crippen molar-refractivity contribution in [2.75, 3.05) is 26.4 Å². The molecule has 0 aliphatic heterocycles. The highest BCUT2D eigenvalue weighted by Crippen LogP contribution is 2.21. The van der Waals surface area contributed by atoms with E-state index in [1.165, 1.54) is 49.4 Å². The van der Waals surface area contributed by atoms with Gasteiger partial charge in [0.15, 0.2) is 5.78 Å². The summed E-state index contributed by atoms with van der Waals surface area (Å²) < 4.78 is 50.0. The fourth-order valence-electron chi connectivity index (χ4n) is 2.81. The van der Waals surface area contributed by atoms with Crippen LogP contribution in [-0.4, -0.2) is 47.5 Å². The van der Waals surface area contributed by atoms with Crippen LogP contribution >= 0.6 is 31.9 Å². The van der Waals surface area contributed by atoms with Gasteiger partial charge in [0.2, 0.25) is 0 Å². The van der Waals surface area contributed by atoms with Crippen LogP contribution in [0.25, 0.3) is 0 Å². The summed E-state index contributed by atoms with van der Waals surface area (Å²) in [5, 5.41) is 25.8. The standard InChI is InChI=1S/C12H15FO3.C10H12BrFO2.C6H4BrFO/c1-9(15)10-6-11(13)8-12(7-10)16-5-3-2-4-14;11-8-5-9(12)7-10(6-8)14-4-2-1-3-13;7-4-1-5(8)3-6(9)2-4/h6-8,14H,2-5H2,1H3;5-7,13H,1-4H2;1-3,9H. The third kappa shape index (κ3) is 16.2. The Kier molecular flexibility index (Phi) is 17.2. The molecule has 0 bridgehead atoms. The summed E-state index contributed by atoms with van der Waals surface area (Å²) in [6, 6.07) is 12.1. The van der Waals surface area contributed by atoms with E-state index in [4.69, 9.17) is 24.8 Å². The Morgan fingerprint density at radius 2 is 1.15 bits per heavy atom. The third-order valence-electron chi connectivity index (χ3n) is 4.60. The van der Waals surface area contributed by atoms with Crippen molar-refractivity contribution in [2.45, 2.75) is 32.6 Å². The monoisotopic (exact) mass is 678 g/mol. The molecule has 214 valence electrons. The van der Waals surface area contributed by atoms with E-state index in [1.54, 1.807) is 6.07 Å². The summed E-state index contributed by atoms with van der Waals surface area (Å²) in [6.07, 6.45) is 2.82. The van der Waals surface area contributed by atoms with Crippen molar-refractivity contribution in [2.24, 2.45) is 0 Å². The zero-order valence-corrected chi connectivity index (χ0v) is 24.5. The van der Waals surface area contributed by atoms with Crippen molar-refractivity contribution in [3.63, 3.8) is 0 Å². The number of aliphatic hydroxyl groups excluding tert-OH is 2. The molecular weight excluding hydrogens is 649 g/mol. The minimum Gasteiger partial charge on any atom is -0.508 e. The molecule has 0 saturated heterocycles. The lowest BCUT2D eigenvalue weighted by atomic mass is 10.1. The fourth-order valence-corrected chi connectivity index (χ4v) is 3.71. The molecule has 0 unspecified atom stereocenters. The molecule has 0 fully saturated rings. The van der Waals surface area contributed by atoms with Gasteiger partial charge in [0.1, 0.15) is 34.7 Å². The van der Waals surface area contributed by atoms with Crippen molar-refractivity contribution >= 4 is 37.6 Å². The van der Waals surface area contributed by atoms with Crippen molar-refractivity contribution in [3.8, 4) is 17.2 Å². The predicted octanol–water partition coefficient (Wildman–Crippen LogP) is 7.21. The molecule has 39 heavy (non-hydrogen) atoms. The van der Waals surface area contributed by atoms with Crippen LogP contribution in [0.1, 0.15) is 43.0 Å². The van der Waals surface area contributed by atoms with E-state index in [0.717, 1.165) is 12.5 Å². The van der Waals surface area contributed by atoms with Gasteiger partial charge < -0.3 is 24.8 Å². The van der Waals surface area contributed by atoms with Crippen LogP contribution in [0.5, 0.6) is 17.2 Å². The number of hydrogen-bond acceptors (Lipinski definition) is 6. The number of phenolic OH excluding ortho intramolecular Hbond substituents is 1. The summed E-state index contributed by atoms with van der Waals surface area (Å²) in [4.78, 5) is 11.1. The number of Topliss-reactive ketones (excluding diaryl/α,β-unsaturated/α-hetero) is 1. The maximum atomic E-state index is 13.1. The number of benzene rings is 3. The first kappa shape index (κ1) is 34.4. The number of carbonyl (C=O) groups excluding carboxylic acids is 1. The second-order valence-electron chi connectivity index (χ2n) is 8.02. The zero-order valence-electron chi connectivity index (χ0n) is 21.3. The molecule has 0 aliphatic rings. The predicted molar refractivity (Wildman–Crippen MR) is 150 cm³/mol. The average Bonchev–Trinajstić information content (AvgIpc) is 2.84. The van der Waals surface area contributed by atoms with E-state index in [0.29, 0.717) is 58.5 Å². The van der Waals surface area contributed by atoms with Crippen LogP contribution in [0, 0.1) is 17.5 Å². The number of ether oxygens (including phenoxy) is 2. The highest BCUT2D eigenvalue weighted by molar-refractivity contribution is 9.10. The van der Waals surface area contributed by atoms with Crippen molar-refractivity contribution < 1.29 is 42.8 Å². The lowest BCUT2D eigenvalue weighted by Gasteiger charge is -2.07. The highest BCUT2D eigenvalue weighted by Gasteiger charge is 2.05. The van der Waals surface area contributed by atoms with Crippen LogP contribution < -0.4 is 9.47 Å². The van der Waals surface area contributed by atoms with Gasteiger partial charge in [0, 0.05) is 45.9 Å². The molecule has 0 atom stereocenters. The summed E-state index contributed by atoms with van der Waals surface area (Å²) in [5.74, 6) is -0.650. The Morgan fingerprint density at radius 3 is 1.59 bits per heavy atom. The van der Waals surface area contributed by atoms with E-state index in [1.807, 2.05) is 0 Å². The molecule has 0 aromatic heterocycles. The largest absolute Gasteiger partial charge is 0.508 e. The Bertz CT molecular complexity index is 1090. The second-order valence-corrected chi connectivity index (χ2v) is 9.85. The summed E-state index contributed by atoms with van der Waals surface area (Å²) in [5.41, 5.74) is 0.303. The van der Waals surface area contributed by atoms with E-state index < -0.39 is 11.6 Å². The maximum absolute atomic E-state index is 13.1. The first-order chi connectivity index (χ1) is 18.5. The first-order valence-electron chi connectivity index (χ1n) is 11.9. The lowest BCUT2D eigenvalue weighted by Crippen LogP contribution is -2.01. The smallest absolute Gasteiger partial charge is 0.160 e. The van der Waals surface area contributed by atoms with E-state index in [-0.39, 0.29) is 30.6 Å². The Morgan fingerprint density at radius 1 is 0.692 bits per heavy atom. The van der Waals surface area contributed by atoms with Crippen molar-refractivity contribution in [1.29, 1.82) is 0 Å². The fraction of sp³-hybridized carbons (Fsp3) is 0.321. The molecule has 0 amide bonds. The van der Waals surface area contributed by atoms with Crippen molar-refractivity contribution in [3.05, 3.63) is 86.6 Å². The second kappa shape index (κ2) is 19.5. The molecule has 0 heterocycles. The molecule has 0 spiro atoms. The Labute approximate surface area is 242 Å².